The molecule has 0 heterocycles. The maximum absolute atomic E-state index is 6.92. The van der Waals surface area contributed by atoms with Crippen molar-refractivity contribution in [1.29, 1.82) is 0 Å². The normalized spacial score (nSPS) is 33.9. The van der Waals surface area contributed by atoms with E-state index < -0.39 is 0 Å². The van der Waals surface area contributed by atoms with Gasteiger partial charge in [0.2, 0.25) is 0 Å². The van der Waals surface area contributed by atoms with Crippen molar-refractivity contribution in [3.05, 3.63) is 0 Å². The van der Waals surface area contributed by atoms with Gasteiger partial charge in [-0.3, -0.25) is 0 Å². The van der Waals surface area contributed by atoms with Crippen LogP contribution in [0.3, 0.4) is 0 Å². The molecule has 2 nitrogen and oxygen atoms in total. The summed E-state index contributed by atoms with van der Waals surface area (Å²) in [5.41, 5.74) is 0.111. The smallest absolute Gasteiger partial charge is 0.0810 e. The lowest BCUT2D eigenvalue weighted by Crippen LogP contribution is -2.48. The van der Waals surface area contributed by atoms with E-state index in [4.69, 9.17) is 4.74 Å². The molecule has 0 aromatic carbocycles. The Hall–Kier alpha value is -0.0800. The van der Waals surface area contributed by atoms with Crippen molar-refractivity contribution in [3.8, 4) is 0 Å². The monoisotopic (exact) mass is 295 g/mol. The van der Waals surface area contributed by atoms with Gasteiger partial charge in [0.15, 0.2) is 0 Å². The van der Waals surface area contributed by atoms with Crippen LogP contribution in [-0.4, -0.2) is 25.3 Å². The number of nitrogens with one attached hydrogen (secondary N) is 1. The highest BCUT2D eigenvalue weighted by atomic mass is 16.5. The Labute approximate surface area is 132 Å². The van der Waals surface area contributed by atoms with Crippen molar-refractivity contribution in [1.82, 2.24) is 5.32 Å². The second kappa shape index (κ2) is 7.97. The highest BCUT2D eigenvalue weighted by Gasteiger charge is 2.39. The molecule has 0 aliphatic heterocycles. The predicted octanol–water partition coefficient (Wildman–Crippen LogP) is 4.78. The molecule has 0 amide bonds. The van der Waals surface area contributed by atoms with Gasteiger partial charge in [-0.25, -0.2) is 0 Å². The fourth-order valence-electron chi connectivity index (χ4n) is 4.60. The van der Waals surface area contributed by atoms with Crippen LogP contribution in [0.5, 0.6) is 0 Å². The summed E-state index contributed by atoms with van der Waals surface area (Å²) in [6.07, 6.45) is 12.5. The Morgan fingerprint density at radius 3 is 2.33 bits per heavy atom. The summed E-state index contributed by atoms with van der Waals surface area (Å²) >= 11 is 0. The molecule has 124 valence electrons. The van der Waals surface area contributed by atoms with Crippen LogP contribution in [0, 0.1) is 17.8 Å². The second-order valence-electron chi connectivity index (χ2n) is 8.11. The minimum atomic E-state index is 0.111. The minimum absolute atomic E-state index is 0.111. The molecule has 21 heavy (non-hydrogen) atoms. The first-order valence-electron chi connectivity index (χ1n) is 9.39. The fraction of sp³-hybridized carbons (Fsp3) is 1.00. The van der Waals surface area contributed by atoms with Crippen LogP contribution >= 0.6 is 0 Å². The summed E-state index contributed by atoms with van der Waals surface area (Å²) in [6.45, 7) is 8.21. The van der Waals surface area contributed by atoms with Crippen LogP contribution in [0.4, 0.5) is 0 Å². The standard InChI is InChI=1S/C19H37NO/c1-15(2)17-10-9-16(3)13-18(17)21-19(14-20-4)11-7-5-6-8-12-19/h15-18,20H,5-14H2,1-4H3. The molecular formula is C19H37NO. The van der Waals surface area contributed by atoms with E-state index in [1.165, 1.54) is 57.8 Å². The van der Waals surface area contributed by atoms with Crippen molar-refractivity contribution < 1.29 is 4.74 Å². The SMILES string of the molecule is CNCC1(OC2CC(C)CCC2C(C)C)CCCCCC1. The molecule has 1 N–H and O–H groups in total. The van der Waals surface area contributed by atoms with Gasteiger partial charge in [-0.1, -0.05) is 52.9 Å². The molecule has 3 unspecified atom stereocenters. The molecule has 0 bridgehead atoms. The van der Waals surface area contributed by atoms with Crippen LogP contribution in [0.1, 0.15) is 78.6 Å². The zero-order chi connectivity index (χ0) is 15.3. The molecule has 2 aliphatic rings. The zero-order valence-electron chi connectivity index (χ0n) is 14.8. The molecule has 0 spiro atoms. The van der Waals surface area contributed by atoms with Gasteiger partial charge in [-0.15, -0.1) is 0 Å². The molecule has 2 fully saturated rings. The summed E-state index contributed by atoms with van der Waals surface area (Å²) in [4.78, 5) is 0. The first-order chi connectivity index (χ1) is 10.1. The summed E-state index contributed by atoms with van der Waals surface area (Å²) in [7, 11) is 2.08. The molecule has 2 saturated carbocycles. The van der Waals surface area contributed by atoms with Crippen molar-refractivity contribution in [2.24, 2.45) is 17.8 Å². The lowest BCUT2D eigenvalue weighted by Gasteiger charge is -2.44. The van der Waals surface area contributed by atoms with Crippen molar-refractivity contribution in [2.45, 2.75) is 90.3 Å². The fourth-order valence-corrected chi connectivity index (χ4v) is 4.60. The second-order valence-corrected chi connectivity index (χ2v) is 8.11. The third-order valence-corrected chi connectivity index (χ3v) is 5.88. The molecule has 2 rings (SSSR count). The van der Waals surface area contributed by atoms with E-state index in [1.54, 1.807) is 0 Å². The van der Waals surface area contributed by atoms with Crippen LogP contribution in [0.25, 0.3) is 0 Å². The molecule has 0 aromatic rings. The van der Waals surface area contributed by atoms with Crippen molar-refractivity contribution in [2.75, 3.05) is 13.6 Å². The Balaban J connectivity index is 2.08. The first-order valence-corrected chi connectivity index (χ1v) is 9.39. The number of hydrogen-bond donors (Lipinski definition) is 1. The van der Waals surface area contributed by atoms with Crippen LogP contribution in [0.15, 0.2) is 0 Å². The molecule has 0 radical (unpaired) electrons. The number of ether oxygens (including phenoxy) is 1. The van der Waals surface area contributed by atoms with E-state index in [0.29, 0.717) is 6.10 Å². The van der Waals surface area contributed by atoms with Gasteiger partial charge in [0.05, 0.1) is 11.7 Å². The van der Waals surface area contributed by atoms with Gasteiger partial charge < -0.3 is 10.1 Å². The summed E-state index contributed by atoms with van der Waals surface area (Å²) in [5.74, 6) is 2.35. The van der Waals surface area contributed by atoms with Crippen LogP contribution in [0.2, 0.25) is 0 Å². The average molecular weight is 296 g/mol. The molecule has 2 aliphatic carbocycles. The number of hydrogen-bond acceptors (Lipinski definition) is 2. The highest BCUT2D eigenvalue weighted by molar-refractivity contribution is 4.90. The van der Waals surface area contributed by atoms with Gasteiger partial charge in [0, 0.05) is 6.54 Å². The third-order valence-electron chi connectivity index (χ3n) is 5.88. The number of likely N-dealkylation sites (N-methyl/N-ethyl adjacent to an activating group) is 1. The Bertz CT molecular complexity index is 294. The van der Waals surface area contributed by atoms with E-state index in [2.05, 4.69) is 33.1 Å². The first kappa shape index (κ1) is 17.3. The van der Waals surface area contributed by atoms with Gasteiger partial charge in [0.25, 0.3) is 0 Å². The van der Waals surface area contributed by atoms with Gasteiger partial charge in [-0.2, -0.15) is 0 Å². The molecule has 0 aromatic heterocycles. The van der Waals surface area contributed by atoms with Crippen molar-refractivity contribution >= 4 is 0 Å². The molecule has 0 saturated heterocycles. The quantitative estimate of drug-likeness (QED) is 0.737. The third kappa shape index (κ3) is 4.69. The zero-order valence-corrected chi connectivity index (χ0v) is 14.8. The summed E-state index contributed by atoms with van der Waals surface area (Å²) in [5, 5.41) is 3.43. The van der Waals surface area contributed by atoms with E-state index in [1.807, 2.05) is 0 Å². The summed E-state index contributed by atoms with van der Waals surface area (Å²) < 4.78 is 6.92. The van der Waals surface area contributed by atoms with E-state index >= 15 is 0 Å². The maximum atomic E-state index is 6.92. The van der Waals surface area contributed by atoms with E-state index in [-0.39, 0.29) is 5.60 Å². The lowest BCUT2D eigenvalue weighted by atomic mass is 9.75. The summed E-state index contributed by atoms with van der Waals surface area (Å²) in [6, 6.07) is 0. The van der Waals surface area contributed by atoms with Gasteiger partial charge in [0.1, 0.15) is 0 Å². The largest absolute Gasteiger partial charge is 0.370 e. The number of rotatable bonds is 5. The Morgan fingerprint density at radius 1 is 1.10 bits per heavy atom. The van der Waals surface area contributed by atoms with Gasteiger partial charge >= 0.3 is 0 Å². The average Bonchev–Trinajstić information content (AvgIpc) is 2.65. The maximum Gasteiger partial charge on any atom is 0.0810 e. The van der Waals surface area contributed by atoms with E-state index in [9.17, 15) is 0 Å². The van der Waals surface area contributed by atoms with Crippen LogP contribution < -0.4 is 5.32 Å². The lowest BCUT2D eigenvalue weighted by molar-refractivity contribution is -0.144. The topological polar surface area (TPSA) is 21.3 Å². The minimum Gasteiger partial charge on any atom is -0.370 e. The Morgan fingerprint density at radius 2 is 1.76 bits per heavy atom. The molecule has 2 heteroatoms. The predicted molar refractivity (Wildman–Crippen MR) is 90.6 cm³/mol. The molecule has 3 atom stereocenters. The molecular weight excluding hydrogens is 258 g/mol. The van der Waals surface area contributed by atoms with Crippen LogP contribution in [-0.2, 0) is 4.74 Å². The van der Waals surface area contributed by atoms with E-state index in [0.717, 1.165) is 24.3 Å². The van der Waals surface area contributed by atoms with Crippen molar-refractivity contribution in [3.63, 3.8) is 0 Å². The Kier molecular flexibility index (Phi) is 6.55. The van der Waals surface area contributed by atoms with Gasteiger partial charge in [-0.05, 0) is 50.5 Å². The highest BCUT2D eigenvalue weighted by Crippen LogP contribution is 2.40.